The van der Waals surface area contributed by atoms with E-state index in [1.807, 2.05) is 41.3 Å². The number of likely N-dealkylation sites (tertiary alicyclic amines) is 1. The minimum absolute atomic E-state index is 0.0454. The maximum atomic E-state index is 12.4. The summed E-state index contributed by atoms with van der Waals surface area (Å²) in [6.07, 6.45) is 2.76. The van der Waals surface area contributed by atoms with Crippen molar-refractivity contribution in [2.75, 3.05) is 19.6 Å². The Morgan fingerprint density at radius 2 is 1.81 bits per heavy atom. The zero-order valence-corrected chi connectivity index (χ0v) is 14.8. The Labute approximate surface area is 153 Å². The molecule has 5 nitrogen and oxygen atoms in total. The molecule has 0 bridgehead atoms. The fraction of sp³-hybridized carbons (Fsp3) is 0.333. The van der Waals surface area contributed by atoms with Crippen LogP contribution >= 0.6 is 0 Å². The highest BCUT2D eigenvalue weighted by atomic mass is 16.2. The van der Waals surface area contributed by atoms with E-state index >= 15 is 0 Å². The number of aromatic amines is 1. The molecule has 2 N–H and O–H groups in total. The molecule has 1 aliphatic rings. The summed E-state index contributed by atoms with van der Waals surface area (Å²) in [4.78, 5) is 22.4. The smallest absolute Gasteiger partial charge is 0.317 e. The molecule has 0 unspecified atom stereocenters. The average molecular weight is 348 g/mol. The second kappa shape index (κ2) is 7.60. The molecule has 1 fully saturated rings. The number of carbonyl (C=O) groups excluding carboxylic acids is 1. The van der Waals surface area contributed by atoms with Crippen molar-refractivity contribution >= 4 is 17.1 Å². The van der Waals surface area contributed by atoms with Gasteiger partial charge in [0.05, 0.1) is 11.0 Å². The van der Waals surface area contributed by atoms with Crippen LogP contribution in [0.4, 0.5) is 4.79 Å². The van der Waals surface area contributed by atoms with Gasteiger partial charge < -0.3 is 15.2 Å². The third kappa shape index (κ3) is 3.72. The number of nitrogens with zero attached hydrogens (tertiary/aromatic N) is 2. The zero-order valence-electron chi connectivity index (χ0n) is 14.8. The summed E-state index contributed by atoms with van der Waals surface area (Å²) >= 11 is 0. The van der Waals surface area contributed by atoms with E-state index in [2.05, 4.69) is 28.5 Å². The van der Waals surface area contributed by atoms with E-state index in [0.29, 0.717) is 12.5 Å². The molecular weight excluding hydrogens is 324 g/mol. The Bertz CT molecular complexity index is 833. The number of amides is 2. The highest BCUT2D eigenvalue weighted by Crippen LogP contribution is 2.27. The number of fused-ring (bicyclic) bond motifs is 1. The van der Waals surface area contributed by atoms with Crippen LogP contribution in [0.25, 0.3) is 11.0 Å². The molecule has 1 aromatic heterocycles. The molecular formula is C21H24N4O. The van der Waals surface area contributed by atoms with Gasteiger partial charge in [0.15, 0.2) is 0 Å². The number of aromatic nitrogens is 2. The zero-order chi connectivity index (χ0) is 17.8. The molecule has 134 valence electrons. The Hall–Kier alpha value is -2.82. The molecule has 5 heteroatoms. The summed E-state index contributed by atoms with van der Waals surface area (Å²) < 4.78 is 0. The number of piperidine rings is 1. The summed E-state index contributed by atoms with van der Waals surface area (Å²) in [6, 6.07) is 18.4. The van der Waals surface area contributed by atoms with Crippen molar-refractivity contribution in [2.45, 2.75) is 25.2 Å². The van der Waals surface area contributed by atoms with Crippen molar-refractivity contribution < 1.29 is 4.79 Å². The lowest BCUT2D eigenvalue weighted by molar-refractivity contribution is 0.180. The van der Waals surface area contributed by atoms with Gasteiger partial charge in [0.25, 0.3) is 0 Å². The Morgan fingerprint density at radius 3 is 2.58 bits per heavy atom. The molecule has 0 spiro atoms. The van der Waals surface area contributed by atoms with Gasteiger partial charge in [0, 0.05) is 25.6 Å². The number of hydrogen-bond acceptors (Lipinski definition) is 2. The summed E-state index contributed by atoms with van der Waals surface area (Å²) in [5.74, 6) is 1.45. The Morgan fingerprint density at radius 1 is 1.08 bits per heavy atom. The Kier molecular flexibility index (Phi) is 4.86. The number of benzene rings is 2. The van der Waals surface area contributed by atoms with E-state index in [1.165, 1.54) is 5.56 Å². The van der Waals surface area contributed by atoms with E-state index in [4.69, 9.17) is 4.98 Å². The molecule has 4 rings (SSSR count). The number of rotatable bonds is 4. The number of imidazole rings is 1. The van der Waals surface area contributed by atoms with Crippen LogP contribution in [0.15, 0.2) is 54.6 Å². The summed E-state index contributed by atoms with van der Waals surface area (Å²) in [5, 5.41) is 3.04. The van der Waals surface area contributed by atoms with Crippen LogP contribution in [0.2, 0.25) is 0 Å². The molecule has 0 aliphatic carbocycles. The van der Waals surface area contributed by atoms with E-state index in [9.17, 15) is 4.79 Å². The number of H-pyrrole nitrogens is 1. The van der Waals surface area contributed by atoms with Gasteiger partial charge in [-0.1, -0.05) is 42.5 Å². The first-order valence-electron chi connectivity index (χ1n) is 9.31. The maximum Gasteiger partial charge on any atom is 0.317 e. The van der Waals surface area contributed by atoms with Gasteiger partial charge in [-0.3, -0.25) is 0 Å². The fourth-order valence-corrected chi connectivity index (χ4v) is 3.59. The lowest BCUT2D eigenvalue weighted by atomic mass is 9.96. The lowest BCUT2D eigenvalue weighted by Crippen LogP contribution is -2.44. The van der Waals surface area contributed by atoms with Gasteiger partial charge in [-0.25, -0.2) is 9.78 Å². The molecule has 1 aliphatic heterocycles. The Balaban J connectivity index is 1.27. The van der Waals surface area contributed by atoms with Crippen LogP contribution in [-0.2, 0) is 6.42 Å². The molecule has 0 saturated carbocycles. The van der Waals surface area contributed by atoms with E-state index in [-0.39, 0.29) is 6.03 Å². The van der Waals surface area contributed by atoms with E-state index in [1.54, 1.807) is 0 Å². The third-order valence-corrected chi connectivity index (χ3v) is 5.11. The van der Waals surface area contributed by atoms with Crippen molar-refractivity contribution in [1.82, 2.24) is 20.2 Å². The van der Waals surface area contributed by atoms with Crippen LogP contribution < -0.4 is 5.32 Å². The molecule has 3 aromatic rings. The monoisotopic (exact) mass is 348 g/mol. The minimum atomic E-state index is 0.0454. The summed E-state index contributed by atoms with van der Waals surface area (Å²) in [5.41, 5.74) is 3.35. The maximum absolute atomic E-state index is 12.4. The average Bonchev–Trinajstić information content (AvgIpc) is 3.13. The van der Waals surface area contributed by atoms with Gasteiger partial charge in [0.1, 0.15) is 5.82 Å². The van der Waals surface area contributed by atoms with E-state index in [0.717, 1.165) is 49.2 Å². The second-order valence-electron chi connectivity index (χ2n) is 6.87. The largest absolute Gasteiger partial charge is 0.342 e. The van der Waals surface area contributed by atoms with Crippen molar-refractivity contribution in [2.24, 2.45) is 0 Å². The fourth-order valence-electron chi connectivity index (χ4n) is 3.59. The first-order valence-corrected chi connectivity index (χ1v) is 9.31. The SMILES string of the molecule is O=C(NCCc1ccccc1)N1CCC(c2nc3ccccc3[nH]2)CC1. The van der Waals surface area contributed by atoms with Crippen molar-refractivity contribution in [1.29, 1.82) is 0 Å². The van der Waals surface area contributed by atoms with Crippen LogP contribution in [0, 0.1) is 0 Å². The predicted octanol–water partition coefficient (Wildman–Crippen LogP) is 3.69. The van der Waals surface area contributed by atoms with Gasteiger partial charge in [-0.2, -0.15) is 0 Å². The van der Waals surface area contributed by atoms with Crippen LogP contribution in [0.1, 0.15) is 30.1 Å². The molecule has 0 radical (unpaired) electrons. The molecule has 2 aromatic carbocycles. The number of hydrogen-bond donors (Lipinski definition) is 2. The van der Waals surface area contributed by atoms with Gasteiger partial charge >= 0.3 is 6.03 Å². The molecule has 0 atom stereocenters. The van der Waals surface area contributed by atoms with Crippen molar-refractivity contribution in [3.63, 3.8) is 0 Å². The van der Waals surface area contributed by atoms with Crippen molar-refractivity contribution in [3.05, 3.63) is 66.0 Å². The highest BCUT2D eigenvalue weighted by Gasteiger charge is 2.25. The molecule has 2 heterocycles. The number of urea groups is 1. The summed E-state index contributed by atoms with van der Waals surface area (Å²) in [7, 11) is 0. The number of nitrogens with one attached hydrogen (secondary N) is 2. The van der Waals surface area contributed by atoms with Crippen LogP contribution in [0.3, 0.4) is 0 Å². The van der Waals surface area contributed by atoms with Crippen LogP contribution in [-0.4, -0.2) is 40.5 Å². The second-order valence-corrected chi connectivity index (χ2v) is 6.87. The quantitative estimate of drug-likeness (QED) is 0.755. The number of carbonyl (C=O) groups is 1. The summed E-state index contributed by atoms with van der Waals surface area (Å²) in [6.45, 7) is 2.23. The first kappa shape index (κ1) is 16.6. The molecule has 2 amide bonds. The van der Waals surface area contributed by atoms with Gasteiger partial charge in [0.2, 0.25) is 0 Å². The highest BCUT2D eigenvalue weighted by molar-refractivity contribution is 5.75. The lowest BCUT2D eigenvalue weighted by Gasteiger charge is -2.31. The van der Waals surface area contributed by atoms with E-state index < -0.39 is 0 Å². The predicted molar refractivity (Wildman–Crippen MR) is 103 cm³/mol. The van der Waals surface area contributed by atoms with Crippen molar-refractivity contribution in [3.8, 4) is 0 Å². The number of para-hydroxylation sites is 2. The molecule has 1 saturated heterocycles. The normalized spacial score (nSPS) is 15.3. The third-order valence-electron chi connectivity index (χ3n) is 5.11. The molecule has 26 heavy (non-hydrogen) atoms. The van der Waals surface area contributed by atoms with Gasteiger partial charge in [-0.05, 0) is 37.0 Å². The minimum Gasteiger partial charge on any atom is -0.342 e. The topological polar surface area (TPSA) is 61.0 Å². The first-order chi connectivity index (χ1) is 12.8. The van der Waals surface area contributed by atoms with Crippen LogP contribution in [0.5, 0.6) is 0 Å². The standard InChI is InChI=1S/C21H24N4O/c26-21(22-13-10-16-6-2-1-3-7-16)25-14-11-17(12-15-25)20-23-18-8-4-5-9-19(18)24-20/h1-9,17H,10-15H2,(H,22,26)(H,23,24). The van der Waals surface area contributed by atoms with Gasteiger partial charge in [-0.15, -0.1) is 0 Å².